The summed E-state index contributed by atoms with van der Waals surface area (Å²) in [6, 6.07) is 5.24. The highest BCUT2D eigenvalue weighted by atomic mass is 79.9. The summed E-state index contributed by atoms with van der Waals surface area (Å²) in [6.45, 7) is 0. The third kappa shape index (κ3) is 3.73. The fourth-order valence-corrected chi connectivity index (χ4v) is 1.55. The number of benzene rings is 1. The fraction of sp³-hybridized carbons (Fsp3) is 0.364. The molecule has 5 heteroatoms. The van der Waals surface area contributed by atoms with E-state index >= 15 is 0 Å². The van der Waals surface area contributed by atoms with Crippen LogP contribution in [0.15, 0.2) is 18.2 Å². The van der Waals surface area contributed by atoms with Crippen molar-refractivity contribution in [3.05, 3.63) is 18.2 Å². The number of carbonyl (C=O) groups excluding carboxylic acids is 1. The van der Waals surface area contributed by atoms with Crippen LogP contribution in [0.3, 0.4) is 0 Å². The van der Waals surface area contributed by atoms with Gasteiger partial charge in [-0.1, -0.05) is 15.9 Å². The molecule has 1 amide bonds. The van der Waals surface area contributed by atoms with Gasteiger partial charge in [0.25, 0.3) is 0 Å². The number of nitrogens with one attached hydrogen (secondary N) is 1. The summed E-state index contributed by atoms with van der Waals surface area (Å²) in [4.78, 5) is 11.4. The predicted molar refractivity (Wildman–Crippen MR) is 66.6 cm³/mol. The number of anilines is 1. The van der Waals surface area contributed by atoms with Crippen LogP contribution in [0, 0.1) is 0 Å². The fourth-order valence-electron chi connectivity index (χ4n) is 1.19. The number of hydrogen-bond acceptors (Lipinski definition) is 3. The summed E-state index contributed by atoms with van der Waals surface area (Å²) in [7, 11) is 3.14. The Labute approximate surface area is 103 Å². The molecular weight excluding hydrogens is 274 g/mol. The van der Waals surface area contributed by atoms with Gasteiger partial charge in [0.05, 0.1) is 14.2 Å². The lowest BCUT2D eigenvalue weighted by molar-refractivity contribution is -0.115. The number of methoxy groups -OCH3 is 2. The highest BCUT2D eigenvalue weighted by Crippen LogP contribution is 2.25. The third-order valence-electron chi connectivity index (χ3n) is 1.96. The van der Waals surface area contributed by atoms with E-state index in [1.807, 2.05) is 0 Å². The Hall–Kier alpha value is -1.23. The molecule has 0 radical (unpaired) electrons. The predicted octanol–water partition coefficient (Wildman–Crippen LogP) is 2.43. The molecule has 0 aliphatic heterocycles. The Morgan fingerprint density at radius 1 is 1.25 bits per heavy atom. The van der Waals surface area contributed by atoms with Gasteiger partial charge in [0.2, 0.25) is 5.91 Å². The van der Waals surface area contributed by atoms with Crippen LogP contribution in [-0.4, -0.2) is 25.5 Å². The molecule has 1 N–H and O–H groups in total. The van der Waals surface area contributed by atoms with E-state index in [2.05, 4.69) is 21.2 Å². The number of halogens is 1. The zero-order chi connectivity index (χ0) is 12.0. The van der Waals surface area contributed by atoms with Crippen LogP contribution in [0.5, 0.6) is 11.5 Å². The van der Waals surface area contributed by atoms with Gasteiger partial charge in [0.15, 0.2) is 0 Å². The van der Waals surface area contributed by atoms with Crippen molar-refractivity contribution in [3.8, 4) is 11.5 Å². The molecule has 0 heterocycles. The van der Waals surface area contributed by atoms with E-state index in [-0.39, 0.29) is 5.91 Å². The van der Waals surface area contributed by atoms with E-state index in [0.717, 1.165) is 0 Å². The summed E-state index contributed by atoms with van der Waals surface area (Å²) >= 11 is 3.21. The van der Waals surface area contributed by atoms with Crippen molar-refractivity contribution >= 4 is 27.5 Å². The number of alkyl halides is 1. The van der Waals surface area contributed by atoms with Gasteiger partial charge in [0, 0.05) is 35.6 Å². The third-order valence-corrected chi connectivity index (χ3v) is 2.35. The van der Waals surface area contributed by atoms with Crippen molar-refractivity contribution < 1.29 is 14.3 Å². The number of rotatable bonds is 5. The van der Waals surface area contributed by atoms with Gasteiger partial charge in [-0.05, 0) is 0 Å². The van der Waals surface area contributed by atoms with E-state index in [1.165, 1.54) is 0 Å². The summed E-state index contributed by atoms with van der Waals surface area (Å²) in [6.07, 6.45) is 0.430. The van der Waals surface area contributed by atoms with Crippen LogP contribution in [0.25, 0.3) is 0 Å². The maximum atomic E-state index is 11.4. The first-order valence-electron chi connectivity index (χ1n) is 4.78. The molecule has 0 aromatic heterocycles. The van der Waals surface area contributed by atoms with Gasteiger partial charge >= 0.3 is 0 Å². The molecule has 88 valence electrons. The van der Waals surface area contributed by atoms with Crippen molar-refractivity contribution in [2.75, 3.05) is 24.9 Å². The van der Waals surface area contributed by atoms with Gasteiger partial charge in [-0.2, -0.15) is 0 Å². The number of ether oxygens (including phenoxy) is 2. The Morgan fingerprint density at radius 3 is 2.25 bits per heavy atom. The highest BCUT2D eigenvalue weighted by molar-refractivity contribution is 9.09. The second-order valence-electron chi connectivity index (χ2n) is 3.09. The Kier molecular flexibility index (Phi) is 5.11. The largest absolute Gasteiger partial charge is 0.497 e. The average Bonchev–Trinajstić information content (AvgIpc) is 2.28. The molecule has 0 saturated heterocycles. The normalized spacial score (nSPS) is 9.69. The van der Waals surface area contributed by atoms with Crippen LogP contribution in [0.1, 0.15) is 6.42 Å². The standard InChI is InChI=1S/C11H14BrNO3/c1-15-9-5-8(6-10(7-9)16-2)13-11(14)3-4-12/h5-7H,3-4H2,1-2H3,(H,13,14). The van der Waals surface area contributed by atoms with Gasteiger partial charge in [-0.15, -0.1) is 0 Å². The van der Waals surface area contributed by atoms with Crippen molar-refractivity contribution in [2.45, 2.75) is 6.42 Å². The van der Waals surface area contributed by atoms with Crippen molar-refractivity contribution in [2.24, 2.45) is 0 Å². The van der Waals surface area contributed by atoms with Crippen molar-refractivity contribution in [1.82, 2.24) is 0 Å². The quantitative estimate of drug-likeness (QED) is 0.846. The Bertz CT molecular complexity index is 346. The highest BCUT2D eigenvalue weighted by Gasteiger charge is 2.05. The first-order chi connectivity index (χ1) is 7.69. The summed E-state index contributed by atoms with van der Waals surface area (Å²) in [5, 5.41) is 3.40. The lowest BCUT2D eigenvalue weighted by Crippen LogP contribution is -2.11. The van der Waals surface area contributed by atoms with Crippen LogP contribution < -0.4 is 14.8 Å². The van der Waals surface area contributed by atoms with E-state index in [1.54, 1.807) is 32.4 Å². The molecule has 16 heavy (non-hydrogen) atoms. The molecule has 1 aromatic carbocycles. The molecule has 0 aliphatic carbocycles. The molecule has 0 aliphatic rings. The second kappa shape index (κ2) is 6.37. The molecular formula is C11H14BrNO3. The maximum Gasteiger partial charge on any atom is 0.225 e. The molecule has 0 fully saturated rings. The van der Waals surface area contributed by atoms with Crippen LogP contribution in [0.4, 0.5) is 5.69 Å². The second-order valence-corrected chi connectivity index (χ2v) is 3.88. The number of carbonyl (C=O) groups is 1. The van der Waals surface area contributed by atoms with Crippen molar-refractivity contribution in [3.63, 3.8) is 0 Å². The molecule has 0 spiro atoms. The van der Waals surface area contributed by atoms with Gasteiger partial charge in [-0.3, -0.25) is 4.79 Å². The van der Waals surface area contributed by atoms with E-state index in [4.69, 9.17) is 9.47 Å². The van der Waals surface area contributed by atoms with Crippen LogP contribution >= 0.6 is 15.9 Å². The summed E-state index contributed by atoms with van der Waals surface area (Å²) in [5.41, 5.74) is 0.669. The number of hydrogen-bond donors (Lipinski definition) is 1. The zero-order valence-electron chi connectivity index (χ0n) is 9.25. The summed E-state index contributed by atoms with van der Waals surface area (Å²) in [5.74, 6) is 1.24. The van der Waals surface area contributed by atoms with E-state index in [0.29, 0.717) is 28.9 Å². The molecule has 0 atom stereocenters. The Balaban J connectivity index is 2.82. The van der Waals surface area contributed by atoms with Crippen molar-refractivity contribution in [1.29, 1.82) is 0 Å². The zero-order valence-corrected chi connectivity index (χ0v) is 10.8. The minimum atomic E-state index is -0.0489. The van der Waals surface area contributed by atoms with Gasteiger partial charge < -0.3 is 14.8 Å². The van der Waals surface area contributed by atoms with E-state index in [9.17, 15) is 4.79 Å². The molecule has 0 bridgehead atoms. The number of amides is 1. The topological polar surface area (TPSA) is 47.6 Å². The minimum absolute atomic E-state index is 0.0489. The smallest absolute Gasteiger partial charge is 0.225 e. The molecule has 1 aromatic rings. The first-order valence-corrected chi connectivity index (χ1v) is 5.90. The maximum absolute atomic E-state index is 11.4. The summed E-state index contributed by atoms with van der Waals surface area (Å²) < 4.78 is 10.2. The lowest BCUT2D eigenvalue weighted by Gasteiger charge is -2.09. The van der Waals surface area contributed by atoms with Gasteiger partial charge in [0.1, 0.15) is 11.5 Å². The molecule has 0 unspecified atom stereocenters. The molecule has 0 saturated carbocycles. The molecule has 4 nitrogen and oxygen atoms in total. The molecule has 1 rings (SSSR count). The monoisotopic (exact) mass is 287 g/mol. The van der Waals surface area contributed by atoms with Crippen LogP contribution in [0.2, 0.25) is 0 Å². The minimum Gasteiger partial charge on any atom is -0.497 e. The van der Waals surface area contributed by atoms with E-state index < -0.39 is 0 Å². The first kappa shape index (κ1) is 12.8. The average molecular weight is 288 g/mol. The SMILES string of the molecule is COc1cc(NC(=O)CCBr)cc(OC)c1. The Morgan fingerprint density at radius 2 is 1.81 bits per heavy atom. The van der Waals surface area contributed by atoms with Crippen LogP contribution in [-0.2, 0) is 4.79 Å². The van der Waals surface area contributed by atoms with Gasteiger partial charge in [-0.25, -0.2) is 0 Å². The lowest BCUT2D eigenvalue weighted by atomic mass is 10.2.